The highest BCUT2D eigenvalue weighted by atomic mass is 35.5. The first-order valence-corrected chi connectivity index (χ1v) is 6.85. The summed E-state index contributed by atoms with van der Waals surface area (Å²) in [6, 6.07) is 7.88. The fourth-order valence-corrected chi connectivity index (χ4v) is 2.79. The summed E-state index contributed by atoms with van der Waals surface area (Å²) < 4.78 is 0. The number of aliphatic hydroxyl groups excluding tert-OH is 1. The number of aliphatic hydroxyl groups is 1. The molecule has 1 aromatic carbocycles. The van der Waals surface area contributed by atoms with E-state index in [0.717, 1.165) is 11.4 Å². The van der Waals surface area contributed by atoms with Gasteiger partial charge in [-0.15, -0.1) is 11.8 Å². The third-order valence-electron chi connectivity index (χ3n) is 2.45. The van der Waals surface area contributed by atoms with E-state index < -0.39 is 0 Å². The second kappa shape index (κ2) is 7.17. The molecule has 0 aromatic heterocycles. The molecule has 0 saturated heterocycles. The van der Waals surface area contributed by atoms with Crippen molar-refractivity contribution in [3.63, 3.8) is 0 Å². The third-order valence-corrected chi connectivity index (χ3v) is 4.10. The summed E-state index contributed by atoms with van der Waals surface area (Å²) in [5, 5.41) is 9.84. The molecule has 1 rings (SSSR count). The SMILES string of the molecule is CCC(N)C(SCCO)c1ccc(Cl)cc1. The summed E-state index contributed by atoms with van der Waals surface area (Å²) in [6.45, 7) is 2.26. The molecular formula is C12H18ClNOS. The van der Waals surface area contributed by atoms with Gasteiger partial charge in [-0.2, -0.15) is 0 Å². The van der Waals surface area contributed by atoms with Crippen molar-refractivity contribution in [3.05, 3.63) is 34.9 Å². The van der Waals surface area contributed by atoms with Crippen LogP contribution in [0.2, 0.25) is 5.02 Å². The minimum atomic E-state index is 0.109. The van der Waals surface area contributed by atoms with Crippen LogP contribution in [0.3, 0.4) is 0 Å². The molecule has 2 nitrogen and oxygen atoms in total. The van der Waals surface area contributed by atoms with E-state index in [0.29, 0.717) is 5.75 Å². The fourth-order valence-electron chi connectivity index (χ4n) is 1.51. The Morgan fingerprint density at radius 1 is 1.38 bits per heavy atom. The lowest BCUT2D eigenvalue weighted by Gasteiger charge is -2.22. The van der Waals surface area contributed by atoms with E-state index in [1.807, 2.05) is 24.3 Å². The topological polar surface area (TPSA) is 46.2 Å². The highest BCUT2D eigenvalue weighted by Crippen LogP contribution is 2.32. The van der Waals surface area contributed by atoms with Crippen LogP contribution < -0.4 is 5.73 Å². The Labute approximate surface area is 106 Å². The molecule has 0 bridgehead atoms. The summed E-state index contributed by atoms with van der Waals surface area (Å²) >= 11 is 7.55. The van der Waals surface area contributed by atoms with Gasteiger partial charge in [0.25, 0.3) is 0 Å². The number of thioether (sulfide) groups is 1. The molecule has 0 radical (unpaired) electrons. The molecular weight excluding hydrogens is 242 g/mol. The maximum absolute atomic E-state index is 8.88. The van der Waals surface area contributed by atoms with Crippen LogP contribution in [0.5, 0.6) is 0 Å². The molecule has 1 aromatic rings. The normalized spacial score (nSPS) is 14.8. The summed E-state index contributed by atoms with van der Waals surface area (Å²) in [4.78, 5) is 0. The summed E-state index contributed by atoms with van der Waals surface area (Å²) in [7, 11) is 0. The van der Waals surface area contributed by atoms with Gasteiger partial charge in [0, 0.05) is 22.1 Å². The van der Waals surface area contributed by atoms with E-state index >= 15 is 0 Å². The van der Waals surface area contributed by atoms with Crippen molar-refractivity contribution in [2.45, 2.75) is 24.6 Å². The second-order valence-electron chi connectivity index (χ2n) is 3.64. The molecule has 16 heavy (non-hydrogen) atoms. The van der Waals surface area contributed by atoms with Crippen LogP contribution in [0.15, 0.2) is 24.3 Å². The van der Waals surface area contributed by atoms with Gasteiger partial charge in [0.05, 0.1) is 6.61 Å². The Kier molecular flexibility index (Phi) is 6.21. The van der Waals surface area contributed by atoms with E-state index in [-0.39, 0.29) is 17.9 Å². The van der Waals surface area contributed by atoms with E-state index in [9.17, 15) is 0 Å². The Morgan fingerprint density at radius 2 is 2.00 bits per heavy atom. The van der Waals surface area contributed by atoms with Gasteiger partial charge in [-0.1, -0.05) is 30.7 Å². The third kappa shape index (κ3) is 3.98. The zero-order valence-electron chi connectivity index (χ0n) is 9.40. The van der Waals surface area contributed by atoms with Crippen LogP contribution >= 0.6 is 23.4 Å². The van der Waals surface area contributed by atoms with Crippen molar-refractivity contribution >= 4 is 23.4 Å². The predicted octanol–water partition coefficient (Wildman–Crippen LogP) is 2.84. The van der Waals surface area contributed by atoms with Crippen LogP contribution in [0.4, 0.5) is 0 Å². The van der Waals surface area contributed by atoms with Crippen LogP contribution in [0, 0.1) is 0 Å². The monoisotopic (exact) mass is 259 g/mol. The van der Waals surface area contributed by atoms with Crippen molar-refractivity contribution in [2.75, 3.05) is 12.4 Å². The molecule has 3 N–H and O–H groups in total. The molecule has 0 saturated carbocycles. The molecule has 0 heterocycles. The molecule has 2 unspecified atom stereocenters. The summed E-state index contributed by atoms with van der Waals surface area (Å²) in [5.74, 6) is 0.709. The molecule has 90 valence electrons. The molecule has 4 heteroatoms. The standard InChI is InChI=1S/C12H18ClNOS/c1-2-11(14)12(16-8-7-15)9-3-5-10(13)6-4-9/h3-6,11-12,15H,2,7-8,14H2,1H3. The first kappa shape index (κ1) is 13.8. The lowest BCUT2D eigenvalue weighted by Crippen LogP contribution is -2.26. The maximum atomic E-state index is 8.88. The minimum absolute atomic E-state index is 0.109. The van der Waals surface area contributed by atoms with Crippen LogP contribution in [-0.2, 0) is 0 Å². The number of benzene rings is 1. The number of nitrogens with two attached hydrogens (primary N) is 1. The van der Waals surface area contributed by atoms with Crippen LogP contribution in [0.1, 0.15) is 24.2 Å². The van der Waals surface area contributed by atoms with Crippen LogP contribution in [-0.4, -0.2) is 23.5 Å². The van der Waals surface area contributed by atoms with Crippen molar-refractivity contribution < 1.29 is 5.11 Å². The number of rotatable bonds is 6. The van der Waals surface area contributed by atoms with Gasteiger partial charge in [-0.05, 0) is 24.1 Å². The van der Waals surface area contributed by atoms with E-state index in [1.54, 1.807) is 11.8 Å². The molecule has 2 atom stereocenters. The Bertz CT molecular complexity index is 304. The molecule has 0 spiro atoms. The second-order valence-corrected chi connectivity index (χ2v) is 5.32. The Balaban J connectivity index is 2.78. The molecule has 0 amide bonds. The summed E-state index contributed by atoms with van der Waals surface area (Å²) in [5.41, 5.74) is 7.27. The van der Waals surface area contributed by atoms with Crippen LogP contribution in [0.25, 0.3) is 0 Å². The first-order valence-electron chi connectivity index (χ1n) is 5.42. The quantitative estimate of drug-likeness (QED) is 0.826. The van der Waals surface area contributed by atoms with Gasteiger partial charge in [-0.25, -0.2) is 0 Å². The van der Waals surface area contributed by atoms with E-state index in [2.05, 4.69) is 6.92 Å². The molecule has 0 aliphatic heterocycles. The molecule has 0 fully saturated rings. The average Bonchev–Trinajstić information content (AvgIpc) is 2.31. The lowest BCUT2D eigenvalue weighted by molar-refractivity contribution is 0.322. The Morgan fingerprint density at radius 3 is 2.50 bits per heavy atom. The maximum Gasteiger partial charge on any atom is 0.0521 e. The van der Waals surface area contributed by atoms with E-state index in [1.165, 1.54) is 5.56 Å². The number of hydrogen-bond donors (Lipinski definition) is 2. The van der Waals surface area contributed by atoms with Gasteiger partial charge >= 0.3 is 0 Å². The average molecular weight is 260 g/mol. The zero-order valence-corrected chi connectivity index (χ0v) is 11.0. The predicted molar refractivity (Wildman–Crippen MR) is 72.0 cm³/mol. The molecule has 0 aliphatic carbocycles. The van der Waals surface area contributed by atoms with Crippen molar-refractivity contribution in [2.24, 2.45) is 5.73 Å². The van der Waals surface area contributed by atoms with Crippen molar-refractivity contribution in [3.8, 4) is 0 Å². The first-order chi connectivity index (χ1) is 7.69. The van der Waals surface area contributed by atoms with E-state index in [4.69, 9.17) is 22.4 Å². The fraction of sp³-hybridized carbons (Fsp3) is 0.500. The number of hydrogen-bond acceptors (Lipinski definition) is 3. The van der Waals surface area contributed by atoms with Crippen molar-refractivity contribution in [1.82, 2.24) is 0 Å². The highest BCUT2D eigenvalue weighted by Gasteiger charge is 2.18. The zero-order chi connectivity index (χ0) is 12.0. The highest BCUT2D eigenvalue weighted by molar-refractivity contribution is 7.99. The van der Waals surface area contributed by atoms with Gasteiger partial charge in [0.15, 0.2) is 0 Å². The van der Waals surface area contributed by atoms with Gasteiger partial charge in [-0.3, -0.25) is 0 Å². The largest absolute Gasteiger partial charge is 0.396 e. The van der Waals surface area contributed by atoms with Crippen molar-refractivity contribution in [1.29, 1.82) is 0 Å². The van der Waals surface area contributed by atoms with Gasteiger partial charge in [0.1, 0.15) is 0 Å². The minimum Gasteiger partial charge on any atom is -0.396 e. The Hall–Kier alpha value is -0.220. The molecule has 0 aliphatic rings. The lowest BCUT2D eigenvalue weighted by atomic mass is 10.0. The number of halogens is 1. The van der Waals surface area contributed by atoms with Gasteiger partial charge in [0.2, 0.25) is 0 Å². The smallest absolute Gasteiger partial charge is 0.0521 e. The van der Waals surface area contributed by atoms with Gasteiger partial charge < -0.3 is 10.8 Å². The summed E-state index contributed by atoms with van der Waals surface area (Å²) in [6.07, 6.45) is 0.922.